The molecule has 1 heterocycles. The summed E-state index contributed by atoms with van der Waals surface area (Å²) in [7, 11) is 0. The van der Waals surface area contributed by atoms with Gasteiger partial charge in [0.1, 0.15) is 11.3 Å². The molecule has 21 heavy (non-hydrogen) atoms. The highest BCUT2D eigenvalue weighted by Gasteiger charge is 2.18. The molecule has 1 aromatic heterocycles. The Balaban J connectivity index is 2.02. The van der Waals surface area contributed by atoms with Crippen LogP contribution in [0.2, 0.25) is 0 Å². The van der Waals surface area contributed by atoms with Gasteiger partial charge in [0.2, 0.25) is 5.13 Å². The molecule has 0 aliphatic rings. The van der Waals surface area contributed by atoms with E-state index >= 15 is 0 Å². The van der Waals surface area contributed by atoms with Crippen molar-refractivity contribution >= 4 is 22.4 Å². The van der Waals surface area contributed by atoms with E-state index < -0.39 is 6.10 Å². The highest BCUT2D eigenvalue weighted by molar-refractivity contribution is 7.13. The van der Waals surface area contributed by atoms with E-state index in [4.69, 9.17) is 4.74 Å². The van der Waals surface area contributed by atoms with E-state index in [1.54, 1.807) is 12.4 Å². The number of benzene rings is 1. The Morgan fingerprint density at radius 2 is 2.14 bits per heavy atom. The molecule has 0 fully saturated rings. The van der Waals surface area contributed by atoms with Gasteiger partial charge in [0, 0.05) is 0 Å². The van der Waals surface area contributed by atoms with E-state index in [2.05, 4.69) is 42.4 Å². The van der Waals surface area contributed by atoms with E-state index in [0.717, 1.165) is 5.56 Å². The van der Waals surface area contributed by atoms with Crippen LogP contribution in [-0.2, 0) is 10.2 Å². The van der Waals surface area contributed by atoms with Crippen LogP contribution in [0.25, 0.3) is 0 Å². The molecule has 0 bridgehead atoms. The average molecular weight is 305 g/mol. The first-order valence-electron chi connectivity index (χ1n) is 6.70. The van der Waals surface area contributed by atoms with Crippen molar-refractivity contribution in [2.75, 3.05) is 5.32 Å². The second-order valence-electron chi connectivity index (χ2n) is 5.77. The minimum absolute atomic E-state index is 0.0391. The number of anilines is 1. The Bertz CT molecular complexity index is 606. The number of hydrogen-bond donors (Lipinski definition) is 1. The third-order valence-corrected chi connectivity index (χ3v) is 3.58. The zero-order valence-corrected chi connectivity index (χ0v) is 13.4. The molecule has 1 N–H and O–H groups in total. The Hall–Kier alpha value is -1.95. The molecule has 0 saturated carbocycles. The quantitative estimate of drug-likeness (QED) is 0.942. The summed E-state index contributed by atoms with van der Waals surface area (Å²) in [5.74, 6) is 0.440. The van der Waals surface area contributed by atoms with Gasteiger partial charge in [0.05, 0.1) is 0 Å². The number of carbonyl (C=O) groups is 1. The fourth-order valence-electron chi connectivity index (χ4n) is 1.73. The van der Waals surface area contributed by atoms with Crippen molar-refractivity contribution in [3.05, 3.63) is 35.3 Å². The second-order valence-corrected chi connectivity index (χ2v) is 6.60. The third-order valence-electron chi connectivity index (χ3n) is 2.97. The Morgan fingerprint density at radius 3 is 2.76 bits per heavy atom. The molecule has 6 heteroatoms. The van der Waals surface area contributed by atoms with E-state index in [9.17, 15) is 4.79 Å². The van der Waals surface area contributed by atoms with E-state index in [0.29, 0.717) is 10.9 Å². The molecule has 1 atom stereocenters. The fraction of sp³-hybridized carbons (Fsp3) is 0.400. The second kappa shape index (κ2) is 6.22. The van der Waals surface area contributed by atoms with Gasteiger partial charge in [-0.2, -0.15) is 0 Å². The van der Waals surface area contributed by atoms with Gasteiger partial charge in [-0.05, 0) is 30.0 Å². The molecule has 1 amide bonds. The summed E-state index contributed by atoms with van der Waals surface area (Å²) in [6.07, 6.45) is -0.607. The average Bonchev–Trinajstić information content (AvgIpc) is 2.91. The molecule has 1 aromatic carbocycles. The maximum Gasteiger partial charge on any atom is 0.266 e. The molecule has 0 radical (unpaired) electrons. The molecule has 0 aliphatic carbocycles. The van der Waals surface area contributed by atoms with Gasteiger partial charge < -0.3 is 4.74 Å². The topological polar surface area (TPSA) is 64.1 Å². The number of nitrogens with zero attached hydrogens (tertiary/aromatic N) is 2. The highest BCUT2D eigenvalue weighted by Crippen LogP contribution is 2.26. The standard InChI is InChI=1S/C15H19N3O2S/c1-10(13(19)17-14-18-16-9-21-14)20-12-7-5-6-11(8-12)15(2,3)4/h5-10H,1-4H3,(H,17,18,19)/t10-/m0/s1. The van der Waals surface area contributed by atoms with E-state index in [-0.39, 0.29) is 11.3 Å². The lowest BCUT2D eigenvalue weighted by Crippen LogP contribution is -2.30. The summed E-state index contributed by atoms with van der Waals surface area (Å²) >= 11 is 1.27. The largest absolute Gasteiger partial charge is 0.481 e. The maximum atomic E-state index is 12.0. The van der Waals surface area contributed by atoms with E-state index in [1.807, 2.05) is 18.2 Å². The van der Waals surface area contributed by atoms with Gasteiger partial charge in [-0.3, -0.25) is 10.1 Å². The van der Waals surface area contributed by atoms with Crippen LogP contribution in [0.4, 0.5) is 5.13 Å². The normalized spacial score (nSPS) is 12.8. The lowest BCUT2D eigenvalue weighted by atomic mass is 9.87. The van der Waals surface area contributed by atoms with Crippen LogP contribution in [0.3, 0.4) is 0 Å². The summed E-state index contributed by atoms with van der Waals surface area (Å²) in [5.41, 5.74) is 2.77. The van der Waals surface area contributed by atoms with Crippen molar-refractivity contribution < 1.29 is 9.53 Å². The maximum absolute atomic E-state index is 12.0. The van der Waals surface area contributed by atoms with Crippen molar-refractivity contribution in [1.29, 1.82) is 0 Å². The minimum atomic E-state index is -0.607. The predicted molar refractivity (Wildman–Crippen MR) is 83.8 cm³/mol. The molecule has 0 unspecified atom stereocenters. The van der Waals surface area contributed by atoms with Crippen LogP contribution in [0.5, 0.6) is 5.75 Å². The van der Waals surface area contributed by atoms with Gasteiger partial charge in [0.15, 0.2) is 6.10 Å². The van der Waals surface area contributed by atoms with Crippen LogP contribution < -0.4 is 10.1 Å². The molecular weight excluding hydrogens is 286 g/mol. The molecule has 5 nitrogen and oxygen atoms in total. The van der Waals surface area contributed by atoms with Gasteiger partial charge in [0.25, 0.3) is 5.91 Å². The Morgan fingerprint density at radius 1 is 1.38 bits per heavy atom. The van der Waals surface area contributed by atoms with Gasteiger partial charge in [-0.1, -0.05) is 44.2 Å². The van der Waals surface area contributed by atoms with Crippen LogP contribution >= 0.6 is 11.3 Å². The minimum Gasteiger partial charge on any atom is -0.481 e. The smallest absolute Gasteiger partial charge is 0.266 e. The summed E-state index contributed by atoms with van der Waals surface area (Å²) < 4.78 is 5.71. The Kier molecular flexibility index (Phi) is 4.57. The molecule has 0 saturated heterocycles. The summed E-state index contributed by atoms with van der Waals surface area (Å²) in [4.78, 5) is 12.0. The van der Waals surface area contributed by atoms with E-state index in [1.165, 1.54) is 11.3 Å². The first kappa shape index (κ1) is 15.4. The number of amides is 1. The SMILES string of the molecule is C[C@H](Oc1cccc(C(C)(C)C)c1)C(=O)Nc1nncs1. The lowest BCUT2D eigenvalue weighted by Gasteiger charge is -2.20. The van der Waals surface area contributed by atoms with Crippen LogP contribution in [0, 0.1) is 0 Å². The lowest BCUT2D eigenvalue weighted by molar-refractivity contribution is -0.122. The zero-order chi connectivity index (χ0) is 15.5. The number of aromatic nitrogens is 2. The number of nitrogens with one attached hydrogen (secondary N) is 1. The molecule has 112 valence electrons. The predicted octanol–water partition coefficient (Wildman–Crippen LogP) is 3.24. The molecule has 0 aliphatic heterocycles. The monoisotopic (exact) mass is 305 g/mol. The van der Waals surface area contributed by atoms with Crippen LogP contribution in [-0.4, -0.2) is 22.2 Å². The van der Waals surface area contributed by atoms with Crippen molar-refractivity contribution in [2.45, 2.75) is 39.2 Å². The van der Waals surface area contributed by atoms with Crippen molar-refractivity contribution in [1.82, 2.24) is 10.2 Å². The number of rotatable bonds is 4. The van der Waals surface area contributed by atoms with Gasteiger partial charge >= 0.3 is 0 Å². The number of ether oxygens (including phenoxy) is 1. The zero-order valence-electron chi connectivity index (χ0n) is 12.6. The number of carbonyl (C=O) groups excluding carboxylic acids is 1. The first-order valence-corrected chi connectivity index (χ1v) is 7.58. The number of hydrogen-bond acceptors (Lipinski definition) is 5. The van der Waals surface area contributed by atoms with Gasteiger partial charge in [-0.25, -0.2) is 0 Å². The summed E-state index contributed by atoms with van der Waals surface area (Å²) in [5, 5.41) is 10.6. The van der Waals surface area contributed by atoms with Crippen molar-refractivity contribution in [2.24, 2.45) is 0 Å². The molecular formula is C15H19N3O2S. The summed E-state index contributed by atoms with van der Waals surface area (Å²) in [6.45, 7) is 8.12. The molecule has 0 spiro atoms. The molecule has 2 aromatic rings. The van der Waals surface area contributed by atoms with Crippen molar-refractivity contribution in [3.63, 3.8) is 0 Å². The highest BCUT2D eigenvalue weighted by atomic mass is 32.1. The van der Waals surface area contributed by atoms with Crippen molar-refractivity contribution in [3.8, 4) is 5.75 Å². The first-order chi connectivity index (χ1) is 9.86. The Labute approximate surface area is 128 Å². The van der Waals surface area contributed by atoms with Crippen LogP contribution in [0.15, 0.2) is 29.8 Å². The fourth-order valence-corrected chi connectivity index (χ4v) is 2.18. The molecule has 2 rings (SSSR count). The third kappa shape index (κ3) is 4.26. The van der Waals surface area contributed by atoms with Crippen LogP contribution in [0.1, 0.15) is 33.3 Å². The van der Waals surface area contributed by atoms with Gasteiger partial charge in [-0.15, -0.1) is 10.2 Å². The summed E-state index contributed by atoms with van der Waals surface area (Å²) in [6, 6.07) is 7.81.